The van der Waals surface area contributed by atoms with Crippen LogP contribution < -0.4 is 0 Å². The topological polar surface area (TPSA) is 43.4 Å². The normalized spacial score (nSPS) is 17.1. The van der Waals surface area contributed by atoms with Gasteiger partial charge in [0.2, 0.25) is 0 Å². The fourth-order valence-electron chi connectivity index (χ4n) is 3.59. The van der Waals surface area contributed by atoms with E-state index in [0.717, 1.165) is 18.8 Å². The summed E-state index contributed by atoms with van der Waals surface area (Å²) in [6, 6.07) is 24.2. The molecule has 0 amide bonds. The molecule has 150 valence electrons. The molecule has 0 saturated heterocycles. The molecule has 0 aliphatic carbocycles. The molecule has 0 saturated carbocycles. The molecule has 0 bridgehead atoms. The van der Waals surface area contributed by atoms with Crippen molar-refractivity contribution in [2.45, 2.75) is 36.0 Å². The Hall–Kier alpha value is -2.08. The van der Waals surface area contributed by atoms with Gasteiger partial charge in [-0.3, -0.25) is 0 Å². The highest BCUT2D eigenvalue weighted by Crippen LogP contribution is 2.28. The van der Waals surface area contributed by atoms with Gasteiger partial charge in [0.1, 0.15) is 0 Å². The standard InChI is InChI=1S/C8H8O2S.C8H8O.C8H8S/c9-11(10)6-5-7-3-1-2-4-8(7)11;2*1-2-4-8-6-9-5-7(8)3-1/h1-4H,5-6H2;2*1-4H,5-6H2. The van der Waals surface area contributed by atoms with E-state index in [9.17, 15) is 8.42 Å². The van der Waals surface area contributed by atoms with Crippen LogP contribution in [0, 0.1) is 0 Å². The van der Waals surface area contributed by atoms with Crippen LogP contribution in [0.1, 0.15) is 27.8 Å². The number of fused-ring (bicyclic) bond motifs is 3. The molecule has 3 nitrogen and oxygen atoms in total. The van der Waals surface area contributed by atoms with Crippen molar-refractivity contribution >= 4 is 21.6 Å². The van der Waals surface area contributed by atoms with Crippen LogP contribution in [-0.4, -0.2) is 14.2 Å². The van der Waals surface area contributed by atoms with Gasteiger partial charge < -0.3 is 4.74 Å². The van der Waals surface area contributed by atoms with Crippen LogP contribution >= 0.6 is 11.8 Å². The Morgan fingerprint density at radius 3 is 1.69 bits per heavy atom. The summed E-state index contributed by atoms with van der Waals surface area (Å²) >= 11 is 2.00. The van der Waals surface area contributed by atoms with Crippen molar-refractivity contribution in [2.75, 3.05) is 5.75 Å². The first-order valence-corrected chi connectivity index (χ1v) is 12.5. The van der Waals surface area contributed by atoms with E-state index in [2.05, 4.69) is 36.4 Å². The summed E-state index contributed by atoms with van der Waals surface area (Å²) in [7, 11) is -2.91. The maximum Gasteiger partial charge on any atom is 0.178 e. The second-order valence-electron chi connectivity index (χ2n) is 7.20. The summed E-state index contributed by atoms with van der Waals surface area (Å²) in [4.78, 5) is 0.528. The Kier molecular flexibility index (Phi) is 6.38. The van der Waals surface area contributed by atoms with Crippen LogP contribution in [0.25, 0.3) is 0 Å². The van der Waals surface area contributed by atoms with E-state index in [4.69, 9.17) is 4.74 Å². The van der Waals surface area contributed by atoms with E-state index in [1.807, 2.05) is 36.0 Å². The van der Waals surface area contributed by atoms with Crippen LogP contribution in [0.5, 0.6) is 0 Å². The molecule has 3 aromatic rings. The first kappa shape index (κ1) is 20.2. The van der Waals surface area contributed by atoms with Crippen molar-refractivity contribution in [1.29, 1.82) is 0 Å². The van der Waals surface area contributed by atoms with Gasteiger partial charge in [0.25, 0.3) is 0 Å². The summed E-state index contributed by atoms with van der Waals surface area (Å²) in [5.41, 5.74) is 6.72. The third-order valence-corrected chi connectivity index (χ3v) is 8.06. The maximum absolute atomic E-state index is 11.3. The Labute approximate surface area is 177 Å². The van der Waals surface area contributed by atoms with E-state index in [1.165, 1.54) is 33.8 Å². The molecule has 0 radical (unpaired) electrons. The number of aryl methyl sites for hydroxylation is 1. The molecule has 5 heteroatoms. The molecule has 0 spiro atoms. The Bertz CT molecular complexity index is 995. The maximum atomic E-state index is 11.3. The Morgan fingerprint density at radius 1 is 0.655 bits per heavy atom. The molecule has 3 aromatic carbocycles. The highest BCUT2D eigenvalue weighted by atomic mass is 32.2. The van der Waals surface area contributed by atoms with E-state index in [1.54, 1.807) is 12.1 Å². The molecule has 3 aliphatic rings. The van der Waals surface area contributed by atoms with Crippen LogP contribution in [0.15, 0.2) is 77.7 Å². The van der Waals surface area contributed by atoms with Crippen molar-refractivity contribution in [1.82, 2.24) is 0 Å². The third kappa shape index (κ3) is 4.92. The minimum Gasteiger partial charge on any atom is -0.372 e. The summed E-state index contributed by atoms with van der Waals surface area (Å²) < 4.78 is 27.7. The summed E-state index contributed by atoms with van der Waals surface area (Å²) in [6.07, 6.45) is 0.679. The molecule has 0 aromatic heterocycles. The molecule has 0 atom stereocenters. The van der Waals surface area contributed by atoms with Crippen LogP contribution in [0.4, 0.5) is 0 Å². The summed E-state index contributed by atoms with van der Waals surface area (Å²) in [5.74, 6) is 2.72. The monoisotopic (exact) mass is 424 g/mol. The SMILES string of the molecule is O=S1(=O)CCc2ccccc21.c1ccc2c(c1)COC2.c1ccc2c(c1)CSC2. The zero-order chi connectivity index (χ0) is 20.1. The van der Waals surface area contributed by atoms with Crippen molar-refractivity contribution < 1.29 is 13.2 Å². The predicted octanol–water partition coefficient (Wildman–Crippen LogP) is 5.17. The molecule has 0 unspecified atom stereocenters. The molecule has 3 heterocycles. The van der Waals surface area contributed by atoms with Crippen molar-refractivity contribution in [2.24, 2.45) is 0 Å². The number of ether oxygens (including phenoxy) is 1. The van der Waals surface area contributed by atoms with Gasteiger partial charge in [-0.05, 0) is 40.3 Å². The smallest absolute Gasteiger partial charge is 0.178 e. The second kappa shape index (κ2) is 9.16. The molecule has 0 N–H and O–H groups in total. The van der Waals surface area contributed by atoms with Gasteiger partial charge in [-0.25, -0.2) is 8.42 Å². The quantitative estimate of drug-likeness (QED) is 0.500. The van der Waals surface area contributed by atoms with E-state index >= 15 is 0 Å². The van der Waals surface area contributed by atoms with Crippen molar-refractivity contribution in [3.63, 3.8) is 0 Å². The van der Waals surface area contributed by atoms with Gasteiger partial charge in [0, 0.05) is 11.5 Å². The zero-order valence-electron chi connectivity index (χ0n) is 16.2. The minimum absolute atomic E-state index is 0.284. The number of hydrogen-bond acceptors (Lipinski definition) is 4. The molecule has 6 rings (SSSR count). The van der Waals surface area contributed by atoms with E-state index in [-0.39, 0.29) is 5.75 Å². The lowest BCUT2D eigenvalue weighted by Crippen LogP contribution is -1.97. The van der Waals surface area contributed by atoms with Gasteiger partial charge >= 0.3 is 0 Å². The lowest BCUT2D eigenvalue weighted by Gasteiger charge is -1.94. The molecule has 29 heavy (non-hydrogen) atoms. The predicted molar refractivity (Wildman–Crippen MR) is 119 cm³/mol. The molecule has 3 aliphatic heterocycles. The first-order valence-electron chi connectivity index (χ1n) is 9.73. The van der Waals surface area contributed by atoms with Crippen LogP contribution in [-0.2, 0) is 45.7 Å². The first-order chi connectivity index (χ1) is 14.1. The zero-order valence-corrected chi connectivity index (χ0v) is 17.8. The average Bonchev–Trinajstić information content (AvgIpc) is 3.48. The number of thioether (sulfide) groups is 1. The number of sulfone groups is 1. The number of benzene rings is 3. The fraction of sp³-hybridized carbons (Fsp3) is 0.250. The highest BCUT2D eigenvalue weighted by Gasteiger charge is 2.24. The van der Waals surface area contributed by atoms with Gasteiger partial charge in [-0.1, -0.05) is 66.7 Å². The van der Waals surface area contributed by atoms with E-state index in [0.29, 0.717) is 11.3 Å². The Morgan fingerprint density at radius 2 is 1.14 bits per heavy atom. The van der Waals surface area contributed by atoms with Gasteiger partial charge in [-0.15, -0.1) is 0 Å². The van der Waals surface area contributed by atoms with Crippen molar-refractivity contribution in [3.05, 3.63) is 101 Å². The van der Waals surface area contributed by atoms with Crippen LogP contribution in [0.2, 0.25) is 0 Å². The fourth-order valence-corrected chi connectivity index (χ4v) is 6.26. The highest BCUT2D eigenvalue weighted by molar-refractivity contribution is 7.98. The summed E-state index contributed by atoms with van der Waals surface area (Å²) in [6.45, 7) is 1.60. The molecular formula is C24H24O3S2. The third-order valence-electron chi connectivity index (χ3n) is 5.21. The van der Waals surface area contributed by atoms with Crippen molar-refractivity contribution in [3.8, 4) is 0 Å². The largest absolute Gasteiger partial charge is 0.372 e. The number of hydrogen-bond donors (Lipinski definition) is 0. The number of rotatable bonds is 0. The average molecular weight is 425 g/mol. The molecule has 0 fully saturated rings. The lowest BCUT2D eigenvalue weighted by molar-refractivity contribution is 0.134. The lowest BCUT2D eigenvalue weighted by atomic mass is 10.1. The van der Waals surface area contributed by atoms with Crippen LogP contribution in [0.3, 0.4) is 0 Å². The Balaban J connectivity index is 0.000000107. The minimum atomic E-state index is -2.91. The summed E-state index contributed by atoms with van der Waals surface area (Å²) in [5, 5.41) is 0. The second-order valence-corrected chi connectivity index (χ2v) is 10.3. The van der Waals surface area contributed by atoms with Gasteiger partial charge in [0.15, 0.2) is 9.84 Å². The van der Waals surface area contributed by atoms with Gasteiger partial charge in [-0.2, -0.15) is 11.8 Å². The molecular weight excluding hydrogens is 400 g/mol. The van der Waals surface area contributed by atoms with E-state index < -0.39 is 9.84 Å². The van der Waals surface area contributed by atoms with Gasteiger partial charge in [0.05, 0.1) is 23.9 Å².